The maximum atomic E-state index is 11.8. The molecule has 1 amide bonds. The van der Waals surface area contributed by atoms with Crippen molar-refractivity contribution < 1.29 is 14.6 Å². The summed E-state index contributed by atoms with van der Waals surface area (Å²) in [7, 11) is 0. The Labute approximate surface area is 148 Å². The van der Waals surface area contributed by atoms with Gasteiger partial charge in [-0.2, -0.15) is 0 Å². The second-order valence-electron chi connectivity index (χ2n) is 6.68. The molecule has 0 bridgehead atoms. The van der Waals surface area contributed by atoms with Crippen LogP contribution in [-0.4, -0.2) is 29.4 Å². The van der Waals surface area contributed by atoms with E-state index >= 15 is 0 Å². The average Bonchev–Trinajstić information content (AvgIpc) is 2.40. The van der Waals surface area contributed by atoms with Gasteiger partial charge in [0, 0.05) is 12.5 Å². The number of hydrogen-bond acceptors (Lipinski definition) is 3. The van der Waals surface area contributed by atoms with Crippen LogP contribution in [0.25, 0.3) is 0 Å². The van der Waals surface area contributed by atoms with Crippen molar-refractivity contribution in [3.05, 3.63) is 33.8 Å². The number of ether oxygens (including phenoxy) is 1. The minimum atomic E-state index is -0.539. The number of nitrogens with one attached hydrogen (secondary N) is 1. The number of rotatable bonds is 6. The number of halogens is 2. The van der Waals surface area contributed by atoms with Crippen molar-refractivity contribution in [2.24, 2.45) is 0 Å². The van der Waals surface area contributed by atoms with E-state index in [0.29, 0.717) is 29.4 Å². The van der Waals surface area contributed by atoms with Gasteiger partial charge in [-0.1, -0.05) is 29.3 Å². The molecule has 1 rings (SSSR count). The monoisotopic (exact) mass is 361 g/mol. The Kier molecular flexibility index (Phi) is 7.65. The van der Waals surface area contributed by atoms with Crippen molar-refractivity contribution in [2.45, 2.75) is 58.2 Å². The van der Waals surface area contributed by atoms with Crippen molar-refractivity contribution >= 4 is 29.3 Å². The van der Waals surface area contributed by atoms with Gasteiger partial charge in [0.1, 0.15) is 5.60 Å². The highest BCUT2D eigenvalue weighted by Gasteiger charge is 2.19. The molecule has 1 aromatic rings. The van der Waals surface area contributed by atoms with Crippen LogP contribution in [0, 0.1) is 0 Å². The molecule has 0 aromatic heterocycles. The second kappa shape index (κ2) is 8.76. The predicted molar refractivity (Wildman–Crippen MR) is 94.4 cm³/mol. The van der Waals surface area contributed by atoms with Crippen LogP contribution < -0.4 is 5.32 Å². The Hall–Kier alpha value is -0.970. The Morgan fingerprint density at radius 1 is 1.26 bits per heavy atom. The molecule has 0 aliphatic rings. The average molecular weight is 362 g/mol. The van der Waals surface area contributed by atoms with Gasteiger partial charge in [0.25, 0.3) is 0 Å². The summed E-state index contributed by atoms with van der Waals surface area (Å²) in [5.74, 6) is 0.0203. The summed E-state index contributed by atoms with van der Waals surface area (Å²) < 4.78 is 5.25. The van der Waals surface area contributed by atoms with Gasteiger partial charge in [-0.05, 0) is 58.2 Å². The number of aliphatic hydroxyl groups is 1. The first-order chi connectivity index (χ1) is 10.6. The SMILES string of the molecule is CC(O)CCC(CNC(=O)OC(C)(C)C)c1ccc(Cl)c(Cl)c1. The number of carbonyl (C=O) groups is 1. The number of carbonyl (C=O) groups excluding carboxylic acids is 1. The van der Waals surface area contributed by atoms with Crippen molar-refractivity contribution in [1.29, 1.82) is 0 Å². The zero-order chi connectivity index (χ0) is 17.6. The van der Waals surface area contributed by atoms with Crippen LogP contribution in [0.4, 0.5) is 4.79 Å². The van der Waals surface area contributed by atoms with Crippen LogP contribution >= 0.6 is 23.2 Å². The first-order valence-electron chi connectivity index (χ1n) is 7.68. The minimum absolute atomic E-state index is 0.0203. The highest BCUT2D eigenvalue weighted by atomic mass is 35.5. The Morgan fingerprint density at radius 2 is 1.91 bits per heavy atom. The summed E-state index contributed by atoms with van der Waals surface area (Å²) in [6.45, 7) is 7.59. The summed E-state index contributed by atoms with van der Waals surface area (Å²) in [5.41, 5.74) is 0.430. The van der Waals surface area contributed by atoms with E-state index < -0.39 is 17.8 Å². The zero-order valence-electron chi connectivity index (χ0n) is 14.0. The van der Waals surface area contributed by atoms with Gasteiger partial charge in [0.2, 0.25) is 0 Å². The molecule has 0 aliphatic heterocycles. The van der Waals surface area contributed by atoms with E-state index in [9.17, 15) is 9.90 Å². The summed E-state index contributed by atoms with van der Waals surface area (Å²) in [6, 6.07) is 5.42. The van der Waals surface area contributed by atoms with Gasteiger partial charge >= 0.3 is 6.09 Å². The third-order valence-corrected chi connectivity index (χ3v) is 3.98. The molecule has 0 saturated carbocycles. The van der Waals surface area contributed by atoms with Gasteiger partial charge in [0.05, 0.1) is 16.1 Å². The van der Waals surface area contributed by atoms with E-state index in [1.54, 1.807) is 19.1 Å². The van der Waals surface area contributed by atoms with E-state index in [-0.39, 0.29) is 5.92 Å². The van der Waals surface area contributed by atoms with E-state index in [4.69, 9.17) is 27.9 Å². The molecule has 2 atom stereocenters. The standard InChI is InChI=1S/C17H25Cl2NO3/c1-11(21)5-6-13(10-20-16(22)23-17(2,3)4)12-7-8-14(18)15(19)9-12/h7-9,11,13,21H,5-6,10H2,1-4H3,(H,20,22). The Bertz CT molecular complexity index is 527. The van der Waals surface area contributed by atoms with Gasteiger partial charge < -0.3 is 15.2 Å². The minimum Gasteiger partial charge on any atom is -0.444 e. The van der Waals surface area contributed by atoms with Crippen molar-refractivity contribution in [1.82, 2.24) is 5.32 Å². The first-order valence-corrected chi connectivity index (χ1v) is 8.44. The summed E-state index contributed by atoms with van der Waals surface area (Å²) in [4.78, 5) is 11.8. The molecule has 0 spiro atoms. The molecule has 2 N–H and O–H groups in total. The van der Waals surface area contributed by atoms with Crippen molar-refractivity contribution in [2.75, 3.05) is 6.54 Å². The van der Waals surface area contributed by atoms with Gasteiger partial charge in [-0.25, -0.2) is 4.79 Å². The first kappa shape index (κ1) is 20.1. The maximum Gasteiger partial charge on any atom is 0.407 e. The van der Waals surface area contributed by atoms with Crippen LogP contribution in [0.5, 0.6) is 0 Å². The fraction of sp³-hybridized carbons (Fsp3) is 0.588. The van der Waals surface area contributed by atoms with E-state index in [2.05, 4.69) is 5.32 Å². The lowest BCUT2D eigenvalue weighted by Crippen LogP contribution is -2.35. The normalized spacial score (nSPS) is 14.2. The van der Waals surface area contributed by atoms with Gasteiger partial charge in [-0.3, -0.25) is 0 Å². The van der Waals surface area contributed by atoms with E-state index in [0.717, 1.165) is 5.56 Å². The fourth-order valence-corrected chi connectivity index (χ4v) is 2.42. The fourth-order valence-electron chi connectivity index (χ4n) is 2.12. The summed E-state index contributed by atoms with van der Waals surface area (Å²) in [5, 5.41) is 13.3. The predicted octanol–water partition coefficient (Wildman–Crippen LogP) is 4.76. The molecule has 23 heavy (non-hydrogen) atoms. The lowest BCUT2D eigenvalue weighted by Gasteiger charge is -2.23. The number of hydrogen-bond donors (Lipinski definition) is 2. The van der Waals surface area contributed by atoms with Crippen LogP contribution in [-0.2, 0) is 4.74 Å². The Balaban J connectivity index is 2.76. The molecular formula is C17H25Cl2NO3. The molecule has 0 heterocycles. The summed E-state index contributed by atoms with van der Waals surface area (Å²) in [6.07, 6.45) is 0.480. The highest BCUT2D eigenvalue weighted by molar-refractivity contribution is 6.42. The smallest absolute Gasteiger partial charge is 0.407 e. The molecule has 130 valence electrons. The molecule has 1 aromatic carbocycles. The topological polar surface area (TPSA) is 58.6 Å². The van der Waals surface area contributed by atoms with E-state index in [1.165, 1.54) is 0 Å². The third kappa shape index (κ3) is 7.91. The number of benzene rings is 1. The molecule has 6 heteroatoms. The molecule has 0 radical (unpaired) electrons. The zero-order valence-corrected chi connectivity index (χ0v) is 15.5. The number of amides is 1. The van der Waals surface area contributed by atoms with Crippen LogP contribution in [0.15, 0.2) is 18.2 Å². The molecule has 2 unspecified atom stereocenters. The van der Waals surface area contributed by atoms with Gasteiger partial charge in [0.15, 0.2) is 0 Å². The Morgan fingerprint density at radius 3 is 2.43 bits per heavy atom. The highest BCUT2D eigenvalue weighted by Crippen LogP contribution is 2.29. The number of alkyl carbamates (subject to hydrolysis) is 1. The van der Waals surface area contributed by atoms with E-state index in [1.807, 2.05) is 26.8 Å². The van der Waals surface area contributed by atoms with Gasteiger partial charge in [-0.15, -0.1) is 0 Å². The van der Waals surface area contributed by atoms with Crippen LogP contribution in [0.2, 0.25) is 10.0 Å². The second-order valence-corrected chi connectivity index (χ2v) is 7.49. The molecule has 0 saturated heterocycles. The largest absolute Gasteiger partial charge is 0.444 e. The lowest BCUT2D eigenvalue weighted by molar-refractivity contribution is 0.0523. The summed E-state index contributed by atoms with van der Waals surface area (Å²) >= 11 is 12.0. The molecule has 4 nitrogen and oxygen atoms in total. The van der Waals surface area contributed by atoms with Crippen LogP contribution in [0.3, 0.4) is 0 Å². The third-order valence-electron chi connectivity index (χ3n) is 3.24. The molecule has 0 fully saturated rings. The maximum absolute atomic E-state index is 11.8. The quantitative estimate of drug-likeness (QED) is 0.767. The van der Waals surface area contributed by atoms with Crippen LogP contribution in [0.1, 0.15) is 52.0 Å². The van der Waals surface area contributed by atoms with Crippen molar-refractivity contribution in [3.63, 3.8) is 0 Å². The lowest BCUT2D eigenvalue weighted by atomic mass is 9.93. The number of aliphatic hydroxyl groups excluding tert-OH is 1. The van der Waals surface area contributed by atoms with Crippen molar-refractivity contribution in [3.8, 4) is 0 Å². The molecular weight excluding hydrogens is 337 g/mol. The molecule has 0 aliphatic carbocycles.